The molecule has 0 radical (unpaired) electrons. The molecule has 0 aliphatic carbocycles. The van der Waals surface area contributed by atoms with Crippen molar-refractivity contribution in [2.75, 3.05) is 5.32 Å². The van der Waals surface area contributed by atoms with E-state index in [1.165, 1.54) is 6.20 Å². The fourth-order valence-electron chi connectivity index (χ4n) is 3.77. The van der Waals surface area contributed by atoms with E-state index in [-0.39, 0.29) is 5.82 Å². The number of halogens is 1. The van der Waals surface area contributed by atoms with Crippen LogP contribution in [0.2, 0.25) is 0 Å². The molecule has 0 amide bonds. The molecule has 2 aromatic carbocycles. The van der Waals surface area contributed by atoms with Crippen molar-refractivity contribution in [3.63, 3.8) is 0 Å². The molecule has 0 unspecified atom stereocenters. The summed E-state index contributed by atoms with van der Waals surface area (Å²) in [6.07, 6.45) is 4.84. The predicted octanol–water partition coefficient (Wildman–Crippen LogP) is 6.82. The quantitative estimate of drug-likeness (QED) is 0.368. The molecule has 0 saturated carbocycles. The summed E-state index contributed by atoms with van der Waals surface area (Å²) in [5.41, 5.74) is 4.67. The van der Waals surface area contributed by atoms with Crippen molar-refractivity contribution in [2.24, 2.45) is 0 Å². The molecule has 5 heteroatoms. The van der Waals surface area contributed by atoms with Crippen LogP contribution in [-0.2, 0) is 5.54 Å². The molecule has 0 saturated heterocycles. The first-order valence-corrected chi connectivity index (χ1v) is 10.8. The van der Waals surface area contributed by atoms with Gasteiger partial charge in [-0.3, -0.25) is 4.98 Å². The van der Waals surface area contributed by atoms with Crippen molar-refractivity contribution in [1.29, 1.82) is 0 Å². The molecule has 0 aliphatic rings. The van der Waals surface area contributed by atoms with Gasteiger partial charge in [0.2, 0.25) is 0 Å². The molecule has 0 bridgehead atoms. The highest BCUT2D eigenvalue weighted by atomic mass is 19.1. The number of nitrogens with one attached hydrogen (secondary N) is 1. The SMILES string of the molecule is CC(C)c1ccccc1-c1ncc(F)c(NC(C)(C)c2ccc(-c3cccnc3)cc2)n1. The van der Waals surface area contributed by atoms with Gasteiger partial charge in [-0.1, -0.05) is 68.4 Å². The van der Waals surface area contributed by atoms with Crippen LogP contribution in [0.1, 0.15) is 44.7 Å². The maximum absolute atomic E-state index is 14.7. The minimum absolute atomic E-state index is 0.190. The number of anilines is 1. The Kier molecular flexibility index (Phi) is 5.99. The molecular formula is C27H27FN4. The van der Waals surface area contributed by atoms with Gasteiger partial charge < -0.3 is 5.32 Å². The van der Waals surface area contributed by atoms with E-state index in [1.54, 1.807) is 6.20 Å². The lowest BCUT2D eigenvalue weighted by Gasteiger charge is -2.28. The van der Waals surface area contributed by atoms with E-state index in [4.69, 9.17) is 0 Å². The zero-order valence-corrected chi connectivity index (χ0v) is 18.8. The predicted molar refractivity (Wildman–Crippen MR) is 128 cm³/mol. The van der Waals surface area contributed by atoms with Crippen LogP contribution >= 0.6 is 0 Å². The molecule has 0 fully saturated rings. The van der Waals surface area contributed by atoms with Gasteiger partial charge in [0, 0.05) is 18.0 Å². The van der Waals surface area contributed by atoms with E-state index in [0.29, 0.717) is 11.7 Å². The number of benzene rings is 2. The van der Waals surface area contributed by atoms with E-state index in [9.17, 15) is 4.39 Å². The lowest BCUT2D eigenvalue weighted by Crippen LogP contribution is -2.29. The van der Waals surface area contributed by atoms with Crippen LogP contribution in [0.5, 0.6) is 0 Å². The van der Waals surface area contributed by atoms with Crippen molar-refractivity contribution in [1.82, 2.24) is 15.0 Å². The van der Waals surface area contributed by atoms with Gasteiger partial charge in [0.1, 0.15) is 0 Å². The fourth-order valence-corrected chi connectivity index (χ4v) is 3.77. The monoisotopic (exact) mass is 426 g/mol. The van der Waals surface area contributed by atoms with Gasteiger partial charge in [-0.05, 0) is 48.1 Å². The number of hydrogen-bond donors (Lipinski definition) is 1. The van der Waals surface area contributed by atoms with E-state index in [0.717, 1.165) is 27.8 Å². The van der Waals surface area contributed by atoms with Crippen molar-refractivity contribution in [3.8, 4) is 22.5 Å². The van der Waals surface area contributed by atoms with Crippen LogP contribution in [0, 0.1) is 5.82 Å². The Balaban J connectivity index is 1.63. The van der Waals surface area contributed by atoms with Crippen molar-refractivity contribution in [2.45, 2.75) is 39.2 Å². The summed E-state index contributed by atoms with van der Waals surface area (Å²) in [5, 5.41) is 3.28. The molecule has 0 atom stereocenters. The van der Waals surface area contributed by atoms with Gasteiger partial charge in [-0.15, -0.1) is 0 Å². The van der Waals surface area contributed by atoms with Gasteiger partial charge >= 0.3 is 0 Å². The summed E-state index contributed by atoms with van der Waals surface area (Å²) in [7, 11) is 0. The molecule has 4 nitrogen and oxygen atoms in total. The molecule has 32 heavy (non-hydrogen) atoms. The second kappa shape index (κ2) is 8.87. The molecule has 2 aromatic heterocycles. The van der Waals surface area contributed by atoms with Crippen LogP contribution < -0.4 is 5.32 Å². The zero-order valence-electron chi connectivity index (χ0n) is 18.8. The highest BCUT2D eigenvalue weighted by molar-refractivity contribution is 5.64. The summed E-state index contributed by atoms with van der Waals surface area (Å²) in [6.45, 7) is 8.27. The zero-order chi connectivity index (χ0) is 22.7. The summed E-state index contributed by atoms with van der Waals surface area (Å²) in [4.78, 5) is 13.0. The topological polar surface area (TPSA) is 50.7 Å². The van der Waals surface area contributed by atoms with E-state index in [1.807, 2.05) is 62.5 Å². The van der Waals surface area contributed by atoms with Crippen molar-refractivity contribution in [3.05, 3.63) is 96.2 Å². The Labute approximate surface area is 188 Å². The Morgan fingerprint density at radius 2 is 1.62 bits per heavy atom. The molecule has 0 aliphatic heterocycles. The first-order chi connectivity index (χ1) is 15.3. The van der Waals surface area contributed by atoms with Gasteiger partial charge in [0.05, 0.1) is 11.7 Å². The van der Waals surface area contributed by atoms with Crippen LogP contribution in [0.25, 0.3) is 22.5 Å². The molecule has 1 N–H and O–H groups in total. The molecule has 4 rings (SSSR count). The highest BCUT2D eigenvalue weighted by Crippen LogP contribution is 2.31. The number of pyridine rings is 1. The molecule has 0 spiro atoms. The minimum Gasteiger partial charge on any atom is -0.359 e. The molecule has 4 aromatic rings. The van der Waals surface area contributed by atoms with Gasteiger partial charge in [-0.25, -0.2) is 14.4 Å². The maximum Gasteiger partial charge on any atom is 0.183 e. The lowest BCUT2D eigenvalue weighted by molar-refractivity contribution is 0.574. The van der Waals surface area contributed by atoms with Gasteiger partial charge in [0.25, 0.3) is 0 Å². The fraction of sp³-hybridized carbons (Fsp3) is 0.222. The molecular weight excluding hydrogens is 399 g/mol. The number of aromatic nitrogens is 3. The standard InChI is InChI=1S/C27H27FN4/c1-18(2)22-9-5-6-10-23(22)25-30-17-24(28)26(31-25)32-27(3,4)21-13-11-19(12-14-21)20-8-7-15-29-16-20/h5-18H,1-4H3,(H,30,31,32). The Morgan fingerprint density at radius 3 is 2.31 bits per heavy atom. The third kappa shape index (κ3) is 4.52. The van der Waals surface area contributed by atoms with Gasteiger partial charge in [-0.2, -0.15) is 0 Å². The van der Waals surface area contributed by atoms with E-state index >= 15 is 0 Å². The smallest absolute Gasteiger partial charge is 0.183 e. The average Bonchev–Trinajstić information content (AvgIpc) is 2.81. The third-order valence-corrected chi connectivity index (χ3v) is 5.60. The normalized spacial score (nSPS) is 11.6. The first-order valence-electron chi connectivity index (χ1n) is 10.8. The number of nitrogens with zero attached hydrogens (tertiary/aromatic N) is 3. The largest absolute Gasteiger partial charge is 0.359 e. The number of hydrogen-bond acceptors (Lipinski definition) is 4. The van der Waals surface area contributed by atoms with Crippen LogP contribution in [0.4, 0.5) is 10.2 Å². The molecule has 162 valence electrons. The second-order valence-corrected chi connectivity index (χ2v) is 8.70. The van der Waals surface area contributed by atoms with E-state index in [2.05, 4.69) is 52.3 Å². The summed E-state index contributed by atoms with van der Waals surface area (Å²) < 4.78 is 14.7. The molecule has 2 heterocycles. The summed E-state index contributed by atoms with van der Waals surface area (Å²) in [6, 6.07) is 20.1. The van der Waals surface area contributed by atoms with Crippen molar-refractivity contribution < 1.29 is 4.39 Å². The second-order valence-electron chi connectivity index (χ2n) is 8.70. The Bertz CT molecular complexity index is 1200. The van der Waals surface area contributed by atoms with E-state index < -0.39 is 11.4 Å². The third-order valence-electron chi connectivity index (χ3n) is 5.60. The lowest BCUT2D eigenvalue weighted by atomic mass is 9.92. The summed E-state index contributed by atoms with van der Waals surface area (Å²) in [5.74, 6) is 0.540. The Morgan fingerprint density at radius 1 is 0.875 bits per heavy atom. The number of rotatable bonds is 6. The first kappa shape index (κ1) is 21.6. The maximum atomic E-state index is 14.7. The van der Waals surface area contributed by atoms with Gasteiger partial charge in [0.15, 0.2) is 17.5 Å². The van der Waals surface area contributed by atoms with Crippen LogP contribution in [0.3, 0.4) is 0 Å². The van der Waals surface area contributed by atoms with Crippen molar-refractivity contribution >= 4 is 5.82 Å². The summed E-state index contributed by atoms with van der Waals surface area (Å²) >= 11 is 0. The minimum atomic E-state index is -0.544. The van der Waals surface area contributed by atoms with Crippen LogP contribution in [0.15, 0.2) is 79.3 Å². The van der Waals surface area contributed by atoms with Crippen LogP contribution in [-0.4, -0.2) is 15.0 Å². The Hall–Kier alpha value is -3.60. The average molecular weight is 427 g/mol. The highest BCUT2D eigenvalue weighted by Gasteiger charge is 2.23.